The average molecular weight is 436 g/mol. The summed E-state index contributed by atoms with van der Waals surface area (Å²) in [5, 5.41) is 13.3. The smallest absolute Gasteiger partial charge is 0.254 e. The van der Waals surface area contributed by atoms with Crippen molar-refractivity contribution in [2.24, 2.45) is 0 Å². The minimum atomic E-state index is -0.972. The van der Waals surface area contributed by atoms with Crippen LogP contribution in [0.15, 0.2) is 54.9 Å². The number of carbonyl (C=O) groups excluding carboxylic acids is 1. The number of hydrogen-bond donors (Lipinski definition) is 2. The maximum atomic E-state index is 13.5. The van der Waals surface area contributed by atoms with E-state index < -0.39 is 17.5 Å². The van der Waals surface area contributed by atoms with Gasteiger partial charge in [-0.3, -0.25) is 9.78 Å². The van der Waals surface area contributed by atoms with Gasteiger partial charge in [0.25, 0.3) is 5.91 Å². The van der Waals surface area contributed by atoms with Gasteiger partial charge in [0.05, 0.1) is 24.0 Å². The van der Waals surface area contributed by atoms with Crippen LogP contribution in [0, 0.1) is 11.6 Å². The topological polar surface area (TPSA) is 80.0 Å². The van der Waals surface area contributed by atoms with Crippen LogP contribution >= 0.6 is 0 Å². The third-order valence-electron chi connectivity index (χ3n) is 5.18. The van der Waals surface area contributed by atoms with Crippen molar-refractivity contribution in [1.82, 2.24) is 19.9 Å². The van der Waals surface area contributed by atoms with Gasteiger partial charge >= 0.3 is 0 Å². The van der Waals surface area contributed by atoms with Crippen LogP contribution in [0.1, 0.15) is 47.1 Å². The number of pyridine rings is 2. The third kappa shape index (κ3) is 4.16. The van der Waals surface area contributed by atoms with Gasteiger partial charge in [-0.2, -0.15) is 0 Å². The van der Waals surface area contributed by atoms with E-state index in [-0.39, 0.29) is 18.2 Å². The normalized spacial score (nSPS) is 11.3. The number of hydrogen-bond acceptors (Lipinski definition) is 4. The molecule has 3 heterocycles. The molecule has 0 saturated carbocycles. The summed E-state index contributed by atoms with van der Waals surface area (Å²) in [7, 11) is 0. The van der Waals surface area contributed by atoms with E-state index in [0.29, 0.717) is 28.7 Å². The standard InChI is InChI=1S/C24H22F2N4O2/c1-14(2)22-21(24(32)29-11-15-6-7-19(25)20(26)9-15)18-10-17(31)12-28-23(18)30(22)13-16-5-3-4-8-27-16/h3-10,12,14,31H,11,13H2,1-2H3,(H,29,32). The van der Waals surface area contributed by atoms with E-state index in [1.165, 1.54) is 18.3 Å². The molecular formula is C24H22F2N4O2. The van der Waals surface area contributed by atoms with Gasteiger partial charge in [-0.05, 0) is 41.8 Å². The lowest BCUT2D eigenvalue weighted by Gasteiger charge is -2.15. The molecule has 2 N–H and O–H groups in total. The number of benzene rings is 1. The first-order valence-electron chi connectivity index (χ1n) is 10.2. The number of amides is 1. The minimum Gasteiger partial charge on any atom is -0.506 e. The molecule has 32 heavy (non-hydrogen) atoms. The molecular weight excluding hydrogens is 414 g/mol. The molecule has 4 rings (SSSR count). The van der Waals surface area contributed by atoms with Crippen molar-refractivity contribution in [1.29, 1.82) is 0 Å². The van der Waals surface area contributed by atoms with Gasteiger partial charge in [0, 0.05) is 23.8 Å². The van der Waals surface area contributed by atoms with Gasteiger partial charge in [-0.25, -0.2) is 13.8 Å². The molecule has 164 valence electrons. The van der Waals surface area contributed by atoms with Gasteiger partial charge < -0.3 is 15.0 Å². The van der Waals surface area contributed by atoms with Crippen molar-refractivity contribution in [2.75, 3.05) is 0 Å². The predicted octanol–water partition coefficient (Wildman–Crippen LogP) is 4.52. The lowest BCUT2D eigenvalue weighted by atomic mass is 10.0. The van der Waals surface area contributed by atoms with Gasteiger partial charge in [0.15, 0.2) is 11.6 Å². The van der Waals surface area contributed by atoms with Crippen LogP contribution in [-0.4, -0.2) is 25.5 Å². The number of fused-ring (bicyclic) bond motifs is 1. The summed E-state index contributed by atoms with van der Waals surface area (Å²) in [6.07, 6.45) is 3.04. The molecule has 0 saturated heterocycles. The summed E-state index contributed by atoms with van der Waals surface area (Å²) >= 11 is 0. The molecule has 0 atom stereocenters. The first-order chi connectivity index (χ1) is 15.3. The lowest BCUT2D eigenvalue weighted by molar-refractivity contribution is 0.0951. The van der Waals surface area contributed by atoms with Crippen molar-refractivity contribution in [3.05, 3.63) is 89.0 Å². The molecule has 6 nitrogen and oxygen atoms in total. The van der Waals surface area contributed by atoms with Crippen molar-refractivity contribution in [3.63, 3.8) is 0 Å². The number of aromatic nitrogens is 3. The summed E-state index contributed by atoms with van der Waals surface area (Å²) in [4.78, 5) is 22.0. The van der Waals surface area contributed by atoms with Crippen LogP contribution in [0.2, 0.25) is 0 Å². The van der Waals surface area contributed by atoms with E-state index in [1.54, 1.807) is 6.20 Å². The predicted molar refractivity (Wildman–Crippen MR) is 116 cm³/mol. The largest absolute Gasteiger partial charge is 0.506 e. The number of aromatic hydroxyl groups is 1. The zero-order valence-electron chi connectivity index (χ0n) is 17.6. The third-order valence-corrected chi connectivity index (χ3v) is 5.18. The fraction of sp³-hybridized carbons (Fsp3) is 0.208. The molecule has 1 amide bonds. The lowest BCUT2D eigenvalue weighted by Crippen LogP contribution is -2.24. The Hall–Kier alpha value is -3.81. The second-order valence-corrected chi connectivity index (χ2v) is 7.82. The Morgan fingerprint density at radius 1 is 1.12 bits per heavy atom. The molecule has 0 fully saturated rings. The van der Waals surface area contributed by atoms with Crippen LogP contribution in [0.5, 0.6) is 5.75 Å². The number of halogens is 2. The van der Waals surface area contributed by atoms with Crippen molar-refractivity contribution >= 4 is 16.9 Å². The van der Waals surface area contributed by atoms with E-state index in [1.807, 2.05) is 36.6 Å². The maximum Gasteiger partial charge on any atom is 0.254 e. The Bertz CT molecular complexity index is 1290. The molecule has 0 aliphatic rings. The Morgan fingerprint density at radius 3 is 2.62 bits per heavy atom. The van der Waals surface area contributed by atoms with Gasteiger partial charge in [-0.1, -0.05) is 26.0 Å². The molecule has 1 aromatic carbocycles. The van der Waals surface area contributed by atoms with E-state index >= 15 is 0 Å². The highest BCUT2D eigenvalue weighted by atomic mass is 19.2. The summed E-state index contributed by atoms with van der Waals surface area (Å²) in [5.74, 6) is -2.41. The van der Waals surface area contributed by atoms with Crippen LogP contribution < -0.4 is 5.32 Å². The molecule has 0 bridgehead atoms. The quantitative estimate of drug-likeness (QED) is 0.466. The monoisotopic (exact) mass is 436 g/mol. The van der Waals surface area contributed by atoms with Gasteiger partial charge in [0.2, 0.25) is 0 Å². The fourth-order valence-electron chi connectivity index (χ4n) is 3.81. The Kier molecular flexibility index (Phi) is 5.85. The molecule has 0 radical (unpaired) electrons. The summed E-state index contributed by atoms with van der Waals surface area (Å²) in [5.41, 5.74) is 2.91. The Morgan fingerprint density at radius 2 is 1.94 bits per heavy atom. The number of rotatable bonds is 6. The van der Waals surface area contributed by atoms with Gasteiger partial charge in [0.1, 0.15) is 11.4 Å². The highest BCUT2D eigenvalue weighted by molar-refractivity contribution is 6.08. The fourth-order valence-corrected chi connectivity index (χ4v) is 3.81. The Balaban J connectivity index is 1.76. The van der Waals surface area contributed by atoms with Crippen LogP contribution in [0.25, 0.3) is 11.0 Å². The van der Waals surface area contributed by atoms with Crippen molar-refractivity contribution in [2.45, 2.75) is 32.9 Å². The van der Waals surface area contributed by atoms with E-state index in [4.69, 9.17) is 0 Å². The van der Waals surface area contributed by atoms with Crippen molar-refractivity contribution < 1.29 is 18.7 Å². The van der Waals surface area contributed by atoms with E-state index in [0.717, 1.165) is 23.5 Å². The molecule has 0 spiro atoms. The molecule has 0 aliphatic carbocycles. The number of nitrogens with one attached hydrogen (secondary N) is 1. The SMILES string of the molecule is CC(C)c1c(C(=O)NCc2ccc(F)c(F)c2)c2cc(O)cnc2n1Cc1ccccn1. The van der Waals surface area contributed by atoms with Crippen molar-refractivity contribution in [3.8, 4) is 5.75 Å². The summed E-state index contributed by atoms with van der Waals surface area (Å²) in [6, 6.07) is 10.6. The van der Waals surface area contributed by atoms with E-state index in [2.05, 4.69) is 15.3 Å². The molecule has 0 unspecified atom stereocenters. The molecule has 0 aliphatic heterocycles. The summed E-state index contributed by atoms with van der Waals surface area (Å²) < 4.78 is 28.6. The zero-order valence-corrected chi connectivity index (χ0v) is 17.6. The average Bonchev–Trinajstić information content (AvgIpc) is 3.08. The number of carbonyl (C=O) groups is 1. The molecule has 4 aromatic rings. The number of nitrogens with zero attached hydrogens (tertiary/aromatic N) is 3. The zero-order chi connectivity index (χ0) is 22.8. The van der Waals surface area contributed by atoms with Gasteiger partial charge in [-0.15, -0.1) is 0 Å². The first kappa shape index (κ1) is 21.4. The Labute approximate surface area is 183 Å². The molecule has 8 heteroatoms. The van der Waals surface area contributed by atoms with Crippen LogP contribution in [0.4, 0.5) is 8.78 Å². The minimum absolute atomic E-state index is 0.0206. The van der Waals surface area contributed by atoms with Crippen LogP contribution in [-0.2, 0) is 13.1 Å². The summed E-state index contributed by atoms with van der Waals surface area (Å²) in [6.45, 7) is 4.36. The van der Waals surface area contributed by atoms with Crippen LogP contribution in [0.3, 0.4) is 0 Å². The molecule has 3 aromatic heterocycles. The maximum absolute atomic E-state index is 13.5. The second-order valence-electron chi connectivity index (χ2n) is 7.82. The highest BCUT2D eigenvalue weighted by Crippen LogP contribution is 2.32. The second kappa shape index (κ2) is 8.74. The highest BCUT2D eigenvalue weighted by Gasteiger charge is 2.26. The van der Waals surface area contributed by atoms with E-state index in [9.17, 15) is 18.7 Å². The first-order valence-corrected chi connectivity index (χ1v) is 10.2.